The van der Waals surface area contributed by atoms with E-state index in [1.165, 1.54) is 24.2 Å². The average molecular weight is 179 g/mol. The molecule has 0 aromatic carbocycles. The number of rotatable bonds is 1. The second-order valence-electron chi connectivity index (χ2n) is 3.86. The van der Waals surface area contributed by atoms with Crippen molar-refractivity contribution in [1.82, 2.24) is 15.3 Å². The number of imidazole rings is 1. The van der Waals surface area contributed by atoms with Crippen molar-refractivity contribution in [3.8, 4) is 0 Å². The minimum absolute atomic E-state index is 0.672. The Balaban J connectivity index is 2.18. The second kappa shape index (κ2) is 3.50. The Kier molecular flexibility index (Phi) is 2.36. The van der Waals surface area contributed by atoms with Gasteiger partial charge in [0.15, 0.2) is 0 Å². The number of aryl methyl sites for hydroxylation is 2. The van der Waals surface area contributed by atoms with Crippen molar-refractivity contribution in [3.63, 3.8) is 0 Å². The van der Waals surface area contributed by atoms with Gasteiger partial charge in [0, 0.05) is 11.6 Å². The topological polar surface area (TPSA) is 40.7 Å². The first-order chi connectivity index (χ1) is 6.27. The summed E-state index contributed by atoms with van der Waals surface area (Å²) in [5.74, 6) is 1.72. The SMILES string of the molecule is Cc1nc(C2CCNCC2)c(C)[nH]1. The summed E-state index contributed by atoms with van der Waals surface area (Å²) in [7, 11) is 0. The highest BCUT2D eigenvalue weighted by Gasteiger charge is 2.19. The number of hydrogen-bond donors (Lipinski definition) is 2. The van der Waals surface area contributed by atoms with Crippen LogP contribution in [0.3, 0.4) is 0 Å². The van der Waals surface area contributed by atoms with Crippen molar-refractivity contribution in [2.45, 2.75) is 32.6 Å². The van der Waals surface area contributed by atoms with Crippen LogP contribution in [0, 0.1) is 13.8 Å². The molecule has 1 saturated heterocycles. The number of piperidine rings is 1. The summed E-state index contributed by atoms with van der Waals surface area (Å²) >= 11 is 0. The molecule has 1 aliphatic rings. The normalized spacial score (nSPS) is 19.2. The summed E-state index contributed by atoms with van der Waals surface area (Å²) in [6, 6.07) is 0. The summed E-state index contributed by atoms with van der Waals surface area (Å²) in [5.41, 5.74) is 2.54. The van der Waals surface area contributed by atoms with Crippen molar-refractivity contribution < 1.29 is 0 Å². The summed E-state index contributed by atoms with van der Waals surface area (Å²) in [6.07, 6.45) is 2.45. The molecular weight excluding hydrogens is 162 g/mol. The molecule has 3 nitrogen and oxygen atoms in total. The number of hydrogen-bond acceptors (Lipinski definition) is 2. The molecule has 0 atom stereocenters. The molecule has 0 aliphatic carbocycles. The van der Waals surface area contributed by atoms with Crippen molar-refractivity contribution in [2.75, 3.05) is 13.1 Å². The van der Waals surface area contributed by atoms with Gasteiger partial charge in [0.25, 0.3) is 0 Å². The molecule has 0 radical (unpaired) electrons. The predicted octanol–water partition coefficient (Wildman–Crippen LogP) is 1.49. The Morgan fingerprint density at radius 3 is 2.46 bits per heavy atom. The van der Waals surface area contributed by atoms with Crippen LogP contribution < -0.4 is 5.32 Å². The number of aromatic amines is 1. The monoisotopic (exact) mass is 179 g/mol. The van der Waals surface area contributed by atoms with Gasteiger partial charge in [-0.1, -0.05) is 0 Å². The first-order valence-electron chi connectivity index (χ1n) is 5.01. The lowest BCUT2D eigenvalue weighted by Crippen LogP contribution is -2.27. The third-order valence-electron chi connectivity index (χ3n) is 2.77. The molecule has 2 heterocycles. The van der Waals surface area contributed by atoms with E-state index >= 15 is 0 Å². The molecule has 2 N–H and O–H groups in total. The molecular formula is C10H17N3. The minimum atomic E-state index is 0.672. The van der Waals surface area contributed by atoms with Crippen LogP contribution in [0.1, 0.15) is 36.0 Å². The van der Waals surface area contributed by atoms with Gasteiger partial charge in [-0.25, -0.2) is 4.98 Å². The van der Waals surface area contributed by atoms with Crippen LogP contribution >= 0.6 is 0 Å². The highest BCUT2D eigenvalue weighted by molar-refractivity contribution is 5.18. The molecule has 1 fully saturated rings. The van der Waals surface area contributed by atoms with E-state index in [0.717, 1.165) is 18.9 Å². The Labute approximate surface area is 79.0 Å². The van der Waals surface area contributed by atoms with Gasteiger partial charge in [0.1, 0.15) is 5.82 Å². The molecule has 0 amide bonds. The van der Waals surface area contributed by atoms with E-state index in [1.807, 2.05) is 6.92 Å². The van der Waals surface area contributed by atoms with Crippen LogP contribution in [-0.4, -0.2) is 23.1 Å². The third-order valence-corrected chi connectivity index (χ3v) is 2.77. The minimum Gasteiger partial charge on any atom is -0.346 e. The average Bonchev–Trinajstić information content (AvgIpc) is 2.47. The van der Waals surface area contributed by atoms with Gasteiger partial charge in [-0.15, -0.1) is 0 Å². The van der Waals surface area contributed by atoms with Gasteiger partial charge in [0.05, 0.1) is 5.69 Å². The summed E-state index contributed by atoms with van der Waals surface area (Å²) in [6.45, 7) is 6.42. The van der Waals surface area contributed by atoms with Gasteiger partial charge < -0.3 is 10.3 Å². The van der Waals surface area contributed by atoms with Crippen LogP contribution in [0.5, 0.6) is 0 Å². The summed E-state index contributed by atoms with van der Waals surface area (Å²) in [4.78, 5) is 7.82. The van der Waals surface area contributed by atoms with E-state index in [-0.39, 0.29) is 0 Å². The lowest BCUT2D eigenvalue weighted by Gasteiger charge is -2.21. The van der Waals surface area contributed by atoms with E-state index in [0.29, 0.717) is 5.92 Å². The molecule has 13 heavy (non-hydrogen) atoms. The zero-order valence-corrected chi connectivity index (χ0v) is 8.35. The van der Waals surface area contributed by atoms with E-state index in [1.54, 1.807) is 0 Å². The number of nitrogens with zero attached hydrogens (tertiary/aromatic N) is 1. The van der Waals surface area contributed by atoms with Crippen LogP contribution in [0.2, 0.25) is 0 Å². The van der Waals surface area contributed by atoms with Gasteiger partial charge in [0.2, 0.25) is 0 Å². The quantitative estimate of drug-likeness (QED) is 0.685. The van der Waals surface area contributed by atoms with Gasteiger partial charge in [-0.05, 0) is 39.8 Å². The zero-order valence-electron chi connectivity index (χ0n) is 8.35. The Morgan fingerprint density at radius 1 is 1.23 bits per heavy atom. The van der Waals surface area contributed by atoms with Crippen molar-refractivity contribution >= 4 is 0 Å². The fourth-order valence-corrected chi connectivity index (χ4v) is 2.12. The number of H-pyrrole nitrogens is 1. The molecule has 1 aromatic rings. The summed E-state index contributed by atoms with van der Waals surface area (Å²) in [5, 5.41) is 3.37. The van der Waals surface area contributed by atoms with Crippen molar-refractivity contribution in [2.24, 2.45) is 0 Å². The Morgan fingerprint density at radius 2 is 1.92 bits per heavy atom. The standard InChI is InChI=1S/C10H17N3/c1-7-10(13-8(2)12-7)9-3-5-11-6-4-9/h9,11H,3-6H2,1-2H3,(H,12,13). The van der Waals surface area contributed by atoms with E-state index in [4.69, 9.17) is 0 Å². The Bertz CT molecular complexity index is 284. The number of nitrogens with one attached hydrogen (secondary N) is 2. The second-order valence-corrected chi connectivity index (χ2v) is 3.86. The third kappa shape index (κ3) is 1.75. The predicted molar refractivity (Wildman–Crippen MR) is 52.9 cm³/mol. The van der Waals surface area contributed by atoms with Crippen LogP contribution in [0.15, 0.2) is 0 Å². The maximum atomic E-state index is 4.55. The van der Waals surface area contributed by atoms with E-state index < -0.39 is 0 Å². The molecule has 2 rings (SSSR count). The van der Waals surface area contributed by atoms with Gasteiger partial charge in [-0.3, -0.25) is 0 Å². The highest BCUT2D eigenvalue weighted by atomic mass is 14.9. The molecule has 3 heteroatoms. The maximum Gasteiger partial charge on any atom is 0.103 e. The molecule has 0 saturated carbocycles. The fourth-order valence-electron chi connectivity index (χ4n) is 2.12. The first kappa shape index (κ1) is 8.75. The lowest BCUT2D eigenvalue weighted by atomic mass is 9.94. The number of aromatic nitrogens is 2. The molecule has 0 bridgehead atoms. The van der Waals surface area contributed by atoms with Crippen LogP contribution in [-0.2, 0) is 0 Å². The highest BCUT2D eigenvalue weighted by Crippen LogP contribution is 2.25. The van der Waals surface area contributed by atoms with Crippen LogP contribution in [0.25, 0.3) is 0 Å². The maximum absolute atomic E-state index is 4.55. The largest absolute Gasteiger partial charge is 0.346 e. The molecule has 0 unspecified atom stereocenters. The molecule has 0 spiro atoms. The Hall–Kier alpha value is -0.830. The molecule has 1 aliphatic heterocycles. The lowest BCUT2D eigenvalue weighted by molar-refractivity contribution is 0.453. The smallest absolute Gasteiger partial charge is 0.103 e. The summed E-state index contributed by atoms with van der Waals surface area (Å²) < 4.78 is 0. The molecule has 72 valence electrons. The van der Waals surface area contributed by atoms with E-state index in [9.17, 15) is 0 Å². The zero-order chi connectivity index (χ0) is 9.26. The van der Waals surface area contributed by atoms with Crippen molar-refractivity contribution in [1.29, 1.82) is 0 Å². The first-order valence-corrected chi connectivity index (χ1v) is 5.01. The van der Waals surface area contributed by atoms with E-state index in [2.05, 4.69) is 22.2 Å². The van der Waals surface area contributed by atoms with Crippen LogP contribution in [0.4, 0.5) is 0 Å². The molecule has 1 aromatic heterocycles. The van der Waals surface area contributed by atoms with Gasteiger partial charge >= 0.3 is 0 Å². The van der Waals surface area contributed by atoms with Crippen molar-refractivity contribution in [3.05, 3.63) is 17.2 Å². The van der Waals surface area contributed by atoms with Gasteiger partial charge in [-0.2, -0.15) is 0 Å². The fraction of sp³-hybridized carbons (Fsp3) is 0.700.